The Morgan fingerprint density at radius 1 is 1.21 bits per heavy atom. The van der Waals surface area contributed by atoms with Crippen LogP contribution in [-0.2, 0) is 14.3 Å². The second kappa shape index (κ2) is 11.6. The van der Waals surface area contributed by atoms with Gasteiger partial charge in [0, 0.05) is 37.4 Å². The minimum Gasteiger partial charge on any atom is -0.480 e. The Morgan fingerprint density at radius 3 is 2.82 bits per heavy atom. The van der Waals surface area contributed by atoms with Gasteiger partial charge >= 0.3 is 0 Å². The number of para-hydroxylation sites is 1. The number of fused-ring (bicyclic) bond motifs is 1. The zero-order chi connectivity index (χ0) is 26.5. The monoisotopic (exact) mass is 518 g/mol. The summed E-state index contributed by atoms with van der Waals surface area (Å²) in [5, 5.41) is 4.33. The summed E-state index contributed by atoms with van der Waals surface area (Å²) in [6.07, 6.45) is 9.35. The second-order valence-corrected chi connectivity index (χ2v) is 10.7. The molecular formula is C30H38N4O4. The number of pyridine rings is 1. The third-order valence-corrected chi connectivity index (χ3v) is 8.25. The Morgan fingerprint density at radius 2 is 2.03 bits per heavy atom. The van der Waals surface area contributed by atoms with Crippen molar-refractivity contribution in [1.82, 2.24) is 20.3 Å². The van der Waals surface area contributed by atoms with Crippen LogP contribution >= 0.6 is 0 Å². The number of aromatic amines is 1. The fraction of sp³-hybridized carbons (Fsp3) is 0.533. The van der Waals surface area contributed by atoms with E-state index in [-0.39, 0.29) is 23.3 Å². The molecule has 1 aliphatic carbocycles. The lowest BCUT2D eigenvalue weighted by molar-refractivity contribution is -0.124. The van der Waals surface area contributed by atoms with Crippen LogP contribution in [0.25, 0.3) is 22.2 Å². The van der Waals surface area contributed by atoms with Crippen LogP contribution in [0, 0.1) is 11.3 Å². The van der Waals surface area contributed by atoms with E-state index in [2.05, 4.69) is 21.4 Å². The third-order valence-electron chi connectivity index (χ3n) is 8.25. The van der Waals surface area contributed by atoms with Gasteiger partial charge in [-0.05, 0) is 49.7 Å². The Bertz CT molecular complexity index is 1280. The summed E-state index contributed by atoms with van der Waals surface area (Å²) >= 11 is 0. The van der Waals surface area contributed by atoms with E-state index in [0.29, 0.717) is 24.5 Å². The predicted octanol–water partition coefficient (Wildman–Crippen LogP) is 5.54. The molecule has 1 spiro atoms. The maximum Gasteiger partial charge on any atom is 0.224 e. The number of rotatable bonds is 12. The van der Waals surface area contributed by atoms with Crippen LogP contribution in [0.2, 0.25) is 0 Å². The van der Waals surface area contributed by atoms with Crippen LogP contribution in [0.5, 0.6) is 5.88 Å². The molecule has 2 fully saturated rings. The van der Waals surface area contributed by atoms with Gasteiger partial charge in [-0.15, -0.1) is 0 Å². The molecule has 1 aromatic carbocycles. The van der Waals surface area contributed by atoms with Crippen LogP contribution < -0.4 is 10.1 Å². The Kier molecular flexibility index (Phi) is 8.07. The Balaban J connectivity index is 1.33. The molecule has 8 nitrogen and oxygen atoms in total. The highest BCUT2D eigenvalue weighted by Crippen LogP contribution is 2.59. The number of hydrogen-bond acceptors (Lipinski definition) is 6. The summed E-state index contributed by atoms with van der Waals surface area (Å²) in [5.74, 6) is 1.73. The molecule has 1 aliphatic heterocycles. The number of Topliss-reactive ketones (excluding diaryl/α,β-unsaturated/α-hetero) is 1. The van der Waals surface area contributed by atoms with Gasteiger partial charge in [-0.25, -0.2) is 9.97 Å². The summed E-state index contributed by atoms with van der Waals surface area (Å²) in [5.41, 5.74) is 2.61. The lowest BCUT2D eigenvalue weighted by Gasteiger charge is -2.23. The molecule has 2 aliphatic rings. The van der Waals surface area contributed by atoms with Gasteiger partial charge in [0.1, 0.15) is 11.6 Å². The number of ether oxygens (including phenoxy) is 2. The first-order valence-electron chi connectivity index (χ1n) is 13.9. The van der Waals surface area contributed by atoms with Crippen LogP contribution in [-0.4, -0.2) is 47.0 Å². The van der Waals surface area contributed by atoms with Gasteiger partial charge in [0.05, 0.1) is 36.1 Å². The van der Waals surface area contributed by atoms with Crippen LogP contribution in [0.1, 0.15) is 76.6 Å². The zero-order valence-electron chi connectivity index (χ0n) is 22.4. The number of nitrogens with zero attached hydrogens (tertiary/aromatic N) is 2. The quantitative estimate of drug-likeness (QED) is 0.305. The number of nitrogens with one attached hydrogen (secondary N) is 2. The molecule has 3 aromatic rings. The minimum absolute atomic E-state index is 0.0512. The Hall–Kier alpha value is -3.26. The SMILES string of the molecule is CCC(=O)CCCCC[C@H](NC(=O)[C@@H]1CC12CCOCC2)c1ncc(-c2cc3ccccc3nc2OC)[nH]1. The average molecular weight is 519 g/mol. The van der Waals surface area contributed by atoms with Crippen LogP contribution in [0.4, 0.5) is 0 Å². The van der Waals surface area contributed by atoms with Crippen molar-refractivity contribution in [2.24, 2.45) is 11.3 Å². The van der Waals surface area contributed by atoms with Crippen molar-refractivity contribution < 1.29 is 19.1 Å². The number of carbonyl (C=O) groups excluding carboxylic acids is 2. The molecule has 1 amide bonds. The summed E-state index contributed by atoms with van der Waals surface area (Å²) in [6.45, 7) is 3.39. The summed E-state index contributed by atoms with van der Waals surface area (Å²) in [7, 11) is 1.62. The van der Waals surface area contributed by atoms with E-state index in [9.17, 15) is 9.59 Å². The van der Waals surface area contributed by atoms with Crippen molar-refractivity contribution in [2.75, 3.05) is 20.3 Å². The molecule has 2 aromatic heterocycles. The molecule has 3 heterocycles. The normalized spacial score (nSPS) is 18.8. The maximum atomic E-state index is 13.3. The number of amides is 1. The fourth-order valence-corrected chi connectivity index (χ4v) is 5.72. The van der Waals surface area contributed by atoms with E-state index < -0.39 is 0 Å². The molecule has 2 atom stereocenters. The smallest absolute Gasteiger partial charge is 0.224 e. The topological polar surface area (TPSA) is 106 Å². The number of unbranched alkanes of at least 4 members (excludes halogenated alkanes) is 2. The van der Waals surface area contributed by atoms with Crippen molar-refractivity contribution in [3.8, 4) is 17.1 Å². The molecule has 5 rings (SSSR count). The van der Waals surface area contributed by atoms with Crippen LogP contribution in [0.15, 0.2) is 36.5 Å². The van der Waals surface area contributed by atoms with Gasteiger partial charge in [0.25, 0.3) is 0 Å². The highest BCUT2D eigenvalue weighted by Gasteiger charge is 2.58. The van der Waals surface area contributed by atoms with Gasteiger partial charge in [0.2, 0.25) is 11.8 Å². The van der Waals surface area contributed by atoms with E-state index in [1.54, 1.807) is 13.3 Å². The van der Waals surface area contributed by atoms with E-state index >= 15 is 0 Å². The zero-order valence-corrected chi connectivity index (χ0v) is 22.4. The average Bonchev–Trinajstić information content (AvgIpc) is 3.40. The first-order chi connectivity index (χ1) is 18.5. The number of H-pyrrole nitrogens is 1. The first kappa shape index (κ1) is 26.4. The third kappa shape index (κ3) is 5.75. The molecule has 2 N–H and O–H groups in total. The molecule has 0 unspecified atom stereocenters. The first-order valence-corrected chi connectivity index (χ1v) is 13.9. The number of imidazole rings is 1. The van der Waals surface area contributed by atoms with E-state index in [1.165, 1.54) is 0 Å². The molecule has 8 heteroatoms. The van der Waals surface area contributed by atoms with Crippen LogP contribution in [0.3, 0.4) is 0 Å². The lowest BCUT2D eigenvalue weighted by atomic mass is 9.93. The fourth-order valence-electron chi connectivity index (χ4n) is 5.72. The molecule has 38 heavy (non-hydrogen) atoms. The number of hydrogen-bond donors (Lipinski definition) is 2. The molecular weight excluding hydrogens is 480 g/mol. The molecule has 202 valence electrons. The van der Waals surface area contributed by atoms with Crippen molar-refractivity contribution >= 4 is 22.6 Å². The highest BCUT2D eigenvalue weighted by atomic mass is 16.5. The van der Waals surface area contributed by atoms with E-state index in [4.69, 9.17) is 14.5 Å². The van der Waals surface area contributed by atoms with E-state index in [0.717, 1.165) is 86.1 Å². The minimum atomic E-state index is -0.227. The standard InChI is InChI=1S/C30H38N4O4/c1-3-21(35)10-5-4-6-12-25(33-28(36)23-18-30(23)13-15-38-16-14-30)27-31-19-26(32-27)22-17-20-9-7-8-11-24(20)34-29(22)37-2/h7-9,11,17,19,23,25H,3-6,10,12-16,18H2,1-2H3,(H,31,32)(H,33,36)/t23-,25-/m0/s1. The lowest BCUT2D eigenvalue weighted by Crippen LogP contribution is -2.33. The number of ketones is 1. The highest BCUT2D eigenvalue weighted by molar-refractivity contribution is 5.85. The van der Waals surface area contributed by atoms with Crippen molar-refractivity contribution in [3.05, 3.63) is 42.4 Å². The van der Waals surface area contributed by atoms with Crippen molar-refractivity contribution in [2.45, 2.75) is 70.8 Å². The Labute approximate surface area is 223 Å². The van der Waals surface area contributed by atoms with Gasteiger partial charge < -0.3 is 19.8 Å². The van der Waals surface area contributed by atoms with Gasteiger partial charge in [-0.1, -0.05) is 38.0 Å². The maximum absolute atomic E-state index is 13.3. The summed E-state index contributed by atoms with van der Waals surface area (Å²) in [4.78, 5) is 37.8. The van der Waals surface area contributed by atoms with Gasteiger partial charge in [-0.2, -0.15) is 0 Å². The van der Waals surface area contributed by atoms with E-state index in [1.807, 2.05) is 31.2 Å². The van der Waals surface area contributed by atoms with Crippen molar-refractivity contribution in [1.29, 1.82) is 0 Å². The molecule has 0 bridgehead atoms. The summed E-state index contributed by atoms with van der Waals surface area (Å²) < 4.78 is 11.1. The second-order valence-electron chi connectivity index (χ2n) is 10.7. The molecule has 0 radical (unpaired) electrons. The number of benzene rings is 1. The number of methoxy groups -OCH3 is 1. The van der Waals surface area contributed by atoms with Crippen molar-refractivity contribution in [3.63, 3.8) is 0 Å². The summed E-state index contributed by atoms with van der Waals surface area (Å²) in [6, 6.07) is 9.75. The van der Waals surface area contributed by atoms with Gasteiger partial charge in [-0.3, -0.25) is 9.59 Å². The largest absolute Gasteiger partial charge is 0.480 e. The van der Waals surface area contributed by atoms with Gasteiger partial charge in [0.15, 0.2) is 0 Å². The molecule has 1 saturated carbocycles. The number of carbonyl (C=O) groups is 2. The number of aromatic nitrogens is 3. The molecule has 1 saturated heterocycles. The predicted molar refractivity (Wildman–Crippen MR) is 146 cm³/mol.